The fraction of sp³-hybridized carbons (Fsp3) is 0.222. The van der Waals surface area contributed by atoms with Crippen molar-refractivity contribution in [3.05, 3.63) is 82.6 Å². The van der Waals surface area contributed by atoms with Crippen LogP contribution in [0.3, 0.4) is 0 Å². The molecule has 5 heteroatoms. The molecule has 0 saturated carbocycles. The first-order valence-corrected chi connectivity index (χ1v) is 10.5. The molecule has 32 heavy (non-hydrogen) atoms. The van der Waals surface area contributed by atoms with E-state index in [1.54, 1.807) is 24.1 Å². The average Bonchev–Trinajstić information content (AvgIpc) is 3.04. The van der Waals surface area contributed by atoms with Gasteiger partial charge in [0.05, 0.1) is 17.2 Å². The number of carbonyl (C=O) groups is 1. The fourth-order valence-electron chi connectivity index (χ4n) is 4.03. The van der Waals surface area contributed by atoms with E-state index in [0.717, 1.165) is 11.1 Å². The Hall–Kier alpha value is -3.91. The molecule has 0 N–H and O–H groups in total. The Bertz CT molecular complexity index is 1250. The third-order valence-electron chi connectivity index (χ3n) is 6.11. The molecule has 0 saturated heterocycles. The smallest absolute Gasteiger partial charge is 0.277 e. The molecule has 0 unspecified atom stereocenters. The predicted octanol–water partition coefficient (Wildman–Crippen LogP) is 5.11. The molecule has 0 radical (unpaired) electrons. The van der Waals surface area contributed by atoms with Crippen LogP contribution in [0.1, 0.15) is 43.0 Å². The van der Waals surface area contributed by atoms with Gasteiger partial charge in [0.1, 0.15) is 11.5 Å². The number of amides is 1. The van der Waals surface area contributed by atoms with E-state index in [9.17, 15) is 4.79 Å². The van der Waals surface area contributed by atoms with Gasteiger partial charge in [-0.15, -0.1) is 0 Å². The first-order valence-electron chi connectivity index (χ1n) is 10.5. The molecule has 2 aliphatic rings. The summed E-state index contributed by atoms with van der Waals surface area (Å²) in [5.74, 6) is 0.453. The van der Waals surface area contributed by atoms with Crippen LogP contribution in [0.5, 0.6) is 0 Å². The van der Waals surface area contributed by atoms with Crippen LogP contribution in [-0.4, -0.2) is 36.3 Å². The molecule has 2 aromatic carbocycles. The quantitative estimate of drug-likeness (QED) is 0.646. The summed E-state index contributed by atoms with van der Waals surface area (Å²) in [4.78, 5) is 21.1. The fourth-order valence-corrected chi connectivity index (χ4v) is 4.03. The van der Waals surface area contributed by atoms with Gasteiger partial charge in [0, 0.05) is 25.3 Å². The van der Waals surface area contributed by atoms with Crippen molar-refractivity contribution >= 4 is 35.2 Å². The molecule has 0 fully saturated rings. The van der Waals surface area contributed by atoms with Crippen LogP contribution in [0, 0.1) is 11.3 Å². The molecule has 2 aliphatic heterocycles. The van der Waals surface area contributed by atoms with Crippen molar-refractivity contribution in [2.75, 3.05) is 19.0 Å². The molecule has 0 aliphatic carbocycles. The number of amidine groups is 1. The molecule has 0 atom stereocenters. The van der Waals surface area contributed by atoms with Gasteiger partial charge in [-0.05, 0) is 73.9 Å². The Morgan fingerprint density at radius 2 is 1.72 bits per heavy atom. The highest BCUT2D eigenvalue weighted by atomic mass is 16.2. The van der Waals surface area contributed by atoms with E-state index in [1.165, 1.54) is 16.8 Å². The molecule has 160 valence electrons. The van der Waals surface area contributed by atoms with Gasteiger partial charge in [0.15, 0.2) is 0 Å². The number of aliphatic imine (C=N–C) groups is 1. The molecule has 0 aromatic heterocycles. The number of nitriles is 1. The van der Waals surface area contributed by atoms with E-state index >= 15 is 0 Å². The summed E-state index contributed by atoms with van der Waals surface area (Å²) in [5, 5.41) is 8.92. The summed E-state index contributed by atoms with van der Waals surface area (Å²) in [6.07, 6.45) is 7.81. The van der Waals surface area contributed by atoms with Crippen LogP contribution in [-0.2, 0) is 4.79 Å². The first-order chi connectivity index (χ1) is 15.2. The van der Waals surface area contributed by atoms with E-state index in [4.69, 9.17) is 5.26 Å². The lowest BCUT2D eigenvalue weighted by Crippen LogP contribution is -2.42. The van der Waals surface area contributed by atoms with Gasteiger partial charge >= 0.3 is 0 Å². The molecule has 4 rings (SSSR count). The highest BCUT2D eigenvalue weighted by molar-refractivity contribution is 6.18. The summed E-state index contributed by atoms with van der Waals surface area (Å²) in [6, 6.07) is 15.6. The van der Waals surface area contributed by atoms with Crippen molar-refractivity contribution in [3.63, 3.8) is 0 Å². The zero-order chi connectivity index (χ0) is 23.0. The summed E-state index contributed by atoms with van der Waals surface area (Å²) < 4.78 is 0. The van der Waals surface area contributed by atoms with Crippen molar-refractivity contribution < 1.29 is 4.79 Å². The maximum absolute atomic E-state index is 12.8. The maximum Gasteiger partial charge on any atom is 0.277 e. The Morgan fingerprint density at radius 3 is 2.41 bits per heavy atom. The number of carbonyl (C=O) groups excluding carboxylic acids is 1. The summed E-state index contributed by atoms with van der Waals surface area (Å²) in [5.41, 5.74) is 6.46. The van der Waals surface area contributed by atoms with Gasteiger partial charge in [-0.2, -0.15) is 5.26 Å². The van der Waals surface area contributed by atoms with Gasteiger partial charge < -0.3 is 4.90 Å². The number of anilines is 1. The van der Waals surface area contributed by atoms with Gasteiger partial charge in [-0.25, -0.2) is 4.99 Å². The SMILES string of the molecule is CC1=CC(C)(C)N(C)c2ccc(/C=C3N=C(/C=C/c4ccc(C#N)cc4)N(C)C\3=O)cc21. The van der Waals surface area contributed by atoms with Crippen molar-refractivity contribution in [1.82, 2.24) is 4.90 Å². The highest BCUT2D eigenvalue weighted by Crippen LogP contribution is 2.38. The topological polar surface area (TPSA) is 59.7 Å². The normalized spacial score (nSPS) is 18.6. The number of hydrogen-bond acceptors (Lipinski definition) is 4. The summed E-state index contributed by atoms with van der Waals surface area (Å²) in [6.45, 7) is 6.53. The van der Waals surface area contributed by atoms with E-state index < -0.39 is 0 Å². The molecule has 2 aromatic rings. The zero-order valence-electron chi connectivity index (χ0n) is 19.0. The molecule has 2 heterocycles. The maximum atomic E-state index is 12.8. The number of fused-ring (bicyclic) bond motifs is 1. The summed E-state index contributed by atoms with van der Waals surface area (Å²) in [7, 11) is 3.83. The lowest BCUT2D eigenvalue weighted by molar-refractivity contribution is -0.121. The second-order valence-electron chi connectivity index (χ2n) is 8.75. The lowest BCUT2D eigenvalue weighted by atomic mass is 9.88. The Labute approximate surface area is 189 Å². The molecule has 0 bridgehead atoms. The molecular weight excluding hydrogens is 396 g/mol. The Balaban J connectivity index is 1.62. The minimum atomic E-state index is -0.132. The van der Waals surface area contributed by atoms with Gasteiger partial charge in [-0.3, -0.25) is 9.69 Å². The van der Waals surface area contributed by atoms with Gasteiger partial charge in [-0.1, -0.05) is 30.4 Å². The van der Waals surface area contributed by atoms with E-state index in [0.29, 0.717) is 17.1 Å². The highest BCUT2D eigenvalue weighted by Gasteiger charge is 2.29. The van der Waals surface area contributed by atoms with Crippen molar-refractivity contribution in [1.29, 1.82) is 5.26 Å². The molecule has 0 spiro atoms. The minimum absolute atomic E-state index is 0.0400. The van der Waals surface area contributed by atoms with Gasteiger partial charge in [0.2, 0.25) is 0 Å². The van der Waals surface area contributed by atoms with Crippen LogP contribution in [0.4, 0.5) is 5.69 Å². The molecule has 5 nitrogen and oxygen atoms in total. The van der Waals surface area contributed by atoms with Crippen LogP contribution in [0.25, 0.3) is 17.7 Å². The van der Waals surface area contributed by atoms with Crippen LogP contribution in [0.2, 0.25) is 0 Å². The number of allylic oxidation sites excluding steroid dienone is 1. The zero-order valence-corrected chi connectivity index (χ0v) is 19.0. The first kappa shape index (κ1) is 21.3. The largest absolute Gasteiger partial charge is 0.366 e. The van der Waals surface area contributed by atoms with Gasteiger partial charge in [0.25, 0.3) is 5.91 Å². The van der Waals surface area contributed by atoms with Crippen molar-refractivity contribution in [2.24, 2.45) is 4.99 Å². The average molecular weight is 423 g/mol. The number of benzene rings is 2. The second-order valence-corrected chi connectivity index (χ2v) is 8.75. The third kappa shape index (κ3) is 3.88. The number of rotatable bonds is 3. The van der Waals surface area contributed by atoms with Crippen LogP contribution in [0.15, 0.2) is 65.3 Å². The molecule has 1 amide bonds. The molecular formula is C27H26N4O. The predicted molar refractivity (Wildman–Crippen MR) is 131 cm³/mol. The van der Waals surface area contributed by atoms with E-state index in [2.05, 4.69) is 62.0 Å². The monoisotopic (exact) mass is 422 g/mol. The number of nitrogens with zero attached hydrogens (tertiary/aromatic N) is 4. The van der Waals surface area contributed by atoms with Crippen LogP contribution >= 0.6 is 0 Å². The Morgan fingerprint density at radius 1 is 1.03 bits per heavy atom. The minimum Gasteiger partial charge on any atom is -0.366 e. The number of likely N-dealkylation sites (N-methyl/N-ethyl adjacent to an activating group) is 2. The van der Waals surface area contributed by atoms with E-state index in [-0.39, 0.29) is 11.4 Å². The van der Waals surface area contributed by atoms with E-state index in [1.807, 2.05) is 36.4 Å². The van der Waals surface area contributed by atoms with Crippen molar-refractivity contribution in [2.45, 2.75) is 26.3 Å². The third-order valence-corrected chi connectivity index (χ3v) is 6.11. The Kier molecular flexibility index (Phi) is 5.31. The summed E-state index contributed by atoms with van der Waals surface area (Å²) >= 11 is 0. The second kappa shape index (κ2) is 7.97. The van der Waals surface area contributed by atoms with Crippen LogP contribution < -0.4 is 4.90 Å². The number of hydrogen-bond donors (Lipinski definition) is 0. The lowest BCUT2D eigenvalue weighted by Gasteiger charge is -2.40. The van der Waals surface area contributed by atoms with Crippen molar-refractivity contribution in [3.8, 4) is 6.07 Å². The standard InChI is InChI=1S/C27H26N4O/c1-18-16-27(2,3)31(5)24-12-10-21(14-22(18)24)15-23-26(32)30(4)25(29-23)13-11-19-6-8-20(17-28)9-7-19/h6-16H,1-5H3/b13-11+,23-15-.